The highest BCUT2D eigenvalue weighted by molar-refractivity contribution is 6.03. The van der Waals surface area contributed by atoms with Crippen LogP contribution < -0.4 is 20.3 Å². The molecule has 1 aromatic heterocycles. The Hall–Kier alpha value is -4.14. The predicted octanol–water partition coefficient (Wildman–Crippen LogP) is 3.19. The summed E-state index contributed by atoms with van der Waals surface area (Å²) in [6.45, 7) is 5.21. The van der Waals surface area contributed by atoms with E-state index in [9.17, 15) is 14.4 Å². The van der Waals surface area contributed by atoms with Crippen LogP contribution in [0.3, 0.4) is 0 Å². The van der Waals surface area contributed by atoms with E-state index in [4.69, 9.17) is 14.2 Å². The van der Waals surface area contributed by atoms with Gasteiger partial charge in [-0.2, -0.15) is 5.10 Å². The summed E-state index contributed by atoms with van der Waals surface area (Å²) in [6, 6.07) is 14.8. The third-order valence-electron chi connectivity index (χ3n) is 5.22. The molecule has 0 saturated heterocycles. The van der Waals surface area contributed by atoms with E-state index >= 15 is 0 Å². The second-order valence-electron chi connectivity index (χ2n) is 7.82. The van der Waals surface area contributed by atoms with Gasteiger partial charge in [0.05, 0.1) is 23.6 Å². The van der Waals surface area contributed by atoms with E-state index in [1.807, 2.05) is 0 Å². The quantitative estimate of drug-likeness (QED) is 0.576. The molecule has 1 aliphatic rings. The third-order valence-corrected chi connectivity index (χ3v) is 5.22. The fourth-order valence-corrected chi connectivity index (χ4v) is 3.37. The molecule has 4 rings (SSSR count). The monoisotopic (exact) mass is 449 g/mol. The normalized spacial score (nSPS) is 12.3. The van der Waals surface area contributed by atoms with Crippen molar-refractivity contribution in [1.29, 1.82) is 0 Å². The number of ether oxygens (including phenoxy) is 3. The van der Waals surface area contributed by atoms with Gasteiger partial charge in [0.25, 0.3) is 11.5 Å². The zero-order valence-electron chi connectivity index (χ0n) is 18.5. The molecule has 0 atom stereocenters. The van der Waals surface area contributed by atoms with Crippen LogP contribution in [0.5, 0.6) is 11.5 Å². The molecule has 0 radical (unpaired) electrons. The number of rotatable bonds is 6. The summed E-state index contributed by atoms with van der Waals surface area (Å²) in [5, 5.41) is 7.18. The number of esters is 1. The van der Waals surface area contributed by atoms with Gasteiger partial charge in [0.15, 0.2) is 11.5 Å². The summed E-state index contributed by atoms with van der Waals surface area (Å²) in [4.78, 5) is 38.1. The number of fused-ring (bicyclic) bond motifs is 1. The lowest BCUT2D eigenvalue weighted by Crippen LogP contribution is -2.47. The van der Waals surface area contributed by atoms with Gasteiger partial charge in [0.1, 0.15) is 5.54 Å². The van der Waals surface area contributed by atoms with E-state index in [0.29, 0.717) is 22.8 Å². The zero-order valence-corrected chi connectivity index (χ0v) is 18.5. The number of hydrogen-bond donors (Lipinski definition) is 1. The third kappa shape index (κ3) is 4.30. The van der Waals surface area contributed by atoms with Crippen LogP contribution in [0.4, 0.5) is 5.69 Å². The molecule has 0 aliphatic carbocycles. The lowest BCUT2D eigenvalue weighted by atomic mass is 10.0. The van der Waals surface area contributed by atoms with Gasteiger partial charge in [-0.3, -0.25) is 9.59 Å². The topological polar surface area (TPSA) is 109 Å². The van der Waals surface area contributed by atoms with Crippen LogP contribution in [0, 0.1) is 0 Å². The van der Waals surface area contributed by atoms with Gasteiger partial charge < -0.3 is 19.5 Å². The van der Waals surface area contributed by atoms with Crippen LogP contribution in [0.25, 0.3) is 11.3 Å². The predicted molar refractivity (Wildman–Crippen MR) is 120 cm³/mol. The van der Waals surface area contributed by atoms with Crippen molar-refractivity contribution >= 4 is 17.6 Å². The van der Waals surface area contributed by atoms with E-state index < -0.39 is 23.0 Å². The van der Waals surface area contributed by atoms with Crippen LogP contribution in [-0.2, 0) is 15.1 Å². The molecule has 9 heteroatoms. The molecule has 2 heterocycles. The first-order chi connectivity index (χ1) is 15.8. The van der Waals surface area contributed by atoms with Gasteiger partial charge in [-0.25, -0.2) is 9.48 Å². The maximum atomic E-state index is 13.2. The minimum absolute atomic E-state index is 0.145. The minimum Gasteiger partial charge on any atom is -0.462 e. The molecule has 3 aromatic rings. The van der Waals surface area contributed by atoms with Crippen LogP contribution in [0.15, 0.2) is 59.4 Å². The van der Waals surface area contributed by atoms with Crippen molar-refractivity contribution in [3.63, 3.8) is 0 Å². The van der Waals surface area contributed by atoms with Crippen molar-refractivity contribution in [1.82, 2.24) is 9.78 Å². The van der Waals surface area contributed by atoms with Gasteiger partial charge in [-0.05, 0) is 57.2 Å². The average molecular weight is 449 g/mol. The van der Waals surface area contributed by atoms with Gasteiger partial charge in [0, 0.05) is 11.6 Å². The van der Waals surface area contributed by atoms with Crippen molar-refractivity contribution in [2.24, 2.45) is 0 Å². The lowest BCUT2D eigenvalue weighted by Gasteiger charge is -2.26. The molecule has 1 amide bonds. The van der Waals surface area contributed by atoms with Gasteiger partial charge in [-0.1, -0.05) is 12.1 Å². The highest BCUT2D eigenvalue weighted by atomic mass is 16.7. The first-order valence-corrected chi connectivity index (χ1v) is 10.4. The van der Waals surface area contributed by atoms with Gasteiger partial charge >= 0.3 is 5.97 Å². The fourth-order valence-electron chi connectivity index (χ4n) is 3.37. The van der Waals surface area contributed by atoms with Gasteiger partial charge in [0.2, 0.25) is 6.79 Å². The number of aromatic nitrogens is 2. The van der Waals surface area contributed by atoms with Crippen molar-refractivity contribution in [2.45, 2.75) is 26.3 Å². The molecule has 170 valence electrons. The summed E-state index contributed by atoms with van der Waals surface area (Å²) in [5.74, 6) is 0.148. The molecule has 0 fully saturated rings. The molecule has 33 heavy (non-hydrogen) atoms. The van der Waals surface area contributed by atoms with Crippen molar-refractivity contribution < 1.29 is 23.8 Å². The molecular formula is C24H23N3O6. The van der Waals surface area contributed by atoms with E-state index in [1.54, 1.807) is 69.3 Å². The lowest BCUT2D eigenvalue weighted by molar-refractivity contribution is -0.123. The highest BCUT2D eigenvalue weighted by Crippen LogP contribution is 2.35. The fraction of sp³-hybridized carbons (Fsp3) is 0.250. The number of amides is 1. The molecule has 0 spiro atoms. The van der Waals surface area contributed by atoms with E-state index in [2.05, 4.69) is 10.4 Å². The smallest absolute Gasteiger partial charge is 0.340 e. The Bertz CT molecular complexity index is 1280. The summed E-state index contributed by atoms with van der Waals surface area (Å²) >= 11 is 0. The number of benzene rings is 2. The van der Waals surface area contributed by atoms with Crippen LogP contribution in [-0.4, -0.2) is 35.1 Å². The van der Waals surface area contributed by atoms with Crippen molar-refractivity contribution in [2.75, 3.05) is 18.7 Å². The van der Waals surface area contributed by atoms with E-state index in [1.165, 1.54) is 6.07 Å². The first kappa shape index (κ1) is 22.1. The minimum atomic E-state index is -1.37. The van der Waals surface area contributed by atoms with Gasteiger partial charge in [-0.15, -0.1) is 0 Å². The Morgan fingerprint density at radius 2 is 1.85 bits per heavy atom. The zero-order chi connectivity index (χ0) is 23.6. The van der Waals surface area contributed by atoms with Crippen LogP contribution >= 0.6 is 0 Å². The summed E-state index contributed by atoms with van der Waals surface area (Å²) in [6.07, 6.45) is 0. The first-order valence-electron chi connectivity index (χ1n) is 10.4. The molecule has 0 unspecified atom stereocenters. The highest BCUT2D eigenvalue weighted by Gasteiger charge is 2.33. The number of hydrogen-bond acceptors (Lipinski definition) is 7. The Morgan fingerprint density at radius 3 is 2.64 bits per heavy atom. The summed E-state index contributed by atoms with van der Waals surface area (Å²) in [5.41, 5.74) is -0.117. The average Bonchev–Trinajstić information content (AvgIpc) is 3.27. The largest absolute Gasteiger partial charge is 0.462 e. The van der Waals surface area contributed by atoms with E-state index in [0.717, 1.165) is 4.68 Å². The van der Waals surface area contributed by atoms with Crippen LogP contribution in [0.1, 0.15) is 31.1 Å². The molecule has 2 aromatic carbocycles. The number of para-hydroxylation sites is 1. The molecule has 9 nitrogen and oxygen atoms in total. The van der Waals surface area contributed by atoms with E-state index in [-0.39, 0.29) is 24.7 Å². The molecule has 1 aliphatic heterocycles. The number of nitrogens with zero attached hydrogens (tertiary/aromatic N) is 2. The van der Waals surface area contributed by atoms with Crippen molar-refractivity contribution in [3.8, 4) is 22.8 Å². The summed E-state index contributed by atoms with van der Waals surface area (Å²) in [7, 11) is 0. The Labute approximate surface area is 189 Å². The number of carbonyl (C=O) groups excluding carboxylic acids is 2. The maximum absolute atomic E-state index is 13.2. The number of carbonyl (C=O) groups is 2. The second-order valence-corrected chi connectivity index (χ2v) is 7.82. The molecular weight excluding hydrogens is 426 g/mol. The SMILES string of the molecule is CCOC(=O)c1ccccc1NC(=O)C(C)(C)n1nc(-c2ccc3c(c2)OCO3)ccc1=O. The molecule has 0 saturated carbocycles. The Balaban J connectivity index is 1.65. The number of anilines is 1. The molecule has 0 bridgehead atoms. The maximum Gasteiger partial charge on any atom is 0.340 e. The standard InChI is InChI=1S/C24H23N3O6/c1-4-31-22(29)16-7-5-6-8-18(16)25-23(30)24(2,3)27-21(28)12-10-17(26-27)15-9-11-19-20(13-15)33-14-32-19/h5-13H,4,14H2,1-3H3,(H,25,30). The second kappa shape index (κ2) is 8.78. The van der Waals surface area contributed by atoms with Crippen LogP contribution in [0.2, 0.25) is 0 Å². The molecule has 1 N–H and O–H groups in total. The summed E-state index contributed by atoms with van der Waals surface area (Å²) < 4.78 is 16.9. The van der Waals surface area contributed by atoms with Crippen molar-refractivity contribution in [3.05, 3.63) is 70.5 Å². The number of nitrogens with one attached hydrogen (secondary N) is 1. The Kier molecular flexibility index (Phi) is 5.87. The Morgan fingerprint density at radius 1 is 1.09 bits per heavy atom.